The van der Waals surface area contributed by atoms with Crippen molar-refractivity contribution in [1.82, 2.24) is 15.2 Å². The summed E-state index contributed by atoms with van der Waals surface area (Å²) in [5, 5.41) is 3.36. The van der Waals surface area contributed by atoms with Gasteiger partial charge in [-0.05, 0) is 43.1 Å². The van der Waals surface area contributed by atoms with Crippen LogP contribution in [-0.2, 0) is 0 Å². The van der Waals surface area contributed by atoms with Crippen LogP contribution in [0.2, 0.25) is 0 Å². The normalized spacial score (nSPS) is 16.5. The molecule has 1 aliphatic heterocycles. The molecule has 1 unspecified atom stereocenters. The summed E-state index contributed by atoms with van der Waals surface area (Å²) in [4.78, 5) is 21.5. The third-order valence-corrected chi connectivity index (χ3v) is 4.90. The molecule has 1 aliphatic rings. The van der Waals surface area contributed by atoms with Crippen LogP contribution in [0.15, 0.2) is 42.7 Å². The molecule has 0 spiro atoms. The lowest BCUT2D eigenvalue weighted by atomic mass is 10.0. The van der Waals surface area contributed by atoms with Gasteiger partial charge in [0.1, 0.15) is 0 Å². The molecule has 138 valence electrons. The van der Waals surface area contributed by atoms with Crippen molar-refractivity contribution >= 4 is 11.6 Å². The number of amides is 1. The smallest absolute Gasteiger partial charge is 0.255 e. The van der Waals surface area contributed by atoms with Gasteiger partial charge in [-0.1, -0.05) is 19.1 Å². The summed E-state index contributed by atoms with van der Waals surface area (Å²) in [6.07, 6.45) is 5.49. The third kappa shape index (κ3) is 4.05. The van der Waals surface area contributed by atoms with Crippen LogP contribution in [-0.4, -0.2) is 55.6 Å². The summed E-state index contributed by atoms with van der Waals surface area (Å²) in [5.41, 5.74) is 3.86. The molecule has 1 saturated heterocycles. The molecule has 0 saturated carbocycles. The van der Waals surface area contributed by atoms with Gasteiger partial charge in [0.05, 0.1) is 5.56 Å². The highest BCUT2D eigenvalue weighted by Crippen LogP contribution is 2.23. The molecule has 1 fully saturated rings. The summed E-state index contributed by atoms with van der Waals surface area (Å²) in [5.74, 6) is 0.0832. The van der Waals surface area contributed by atoms with Crippen molar-refractivity contribution < 1.29 is 4.79 Å². The van der Waals surface area contributed by atoms with Crippen molar-refractivity contribution in [2.75, 3.05) is 38.6 Å². The number of benzene rings is 1. The Kier molecular flexibility index (Phi) is 5.89. The lowest BCUT2D eigenvalue weighted by Crippen LogP contribution is -2.42. The number of nitrogens with zero attached hydrogens (tertiary/aromatic N) is 3. The molecular weight excluding hydrogens is 324 g/mol. The van der Waals surface area contributed by atoms with Crippen molar-refractivity contribution in [3.05, 3.63) is 48.3 Å². The number of aromatic nitrogens is 1. The molecule has 26 heavy (non-hydrogen) atoms. The van der Waals surface area contributed by atoms with Gasteiger partial charge >= 0.3 is 0 Å². The minimum atomic E-state index is 0.0832. The Bertz CT molecular complexity index is 736. The predicted molar refractivity (Wildman–Crippen MR) is 107 cm³/mol. The Morgan fingerprint density at radius 3 is 2.58 bits per heavy atom. The average Bonchev–Trinajstić information content (AvgIpc) is 3.20. The molecular formula is C21H28N4O. The quantitative estimate of drug-likeness (QED) is 0.868. The molecule has 0 aliphatic carbocycles. The number of carbonyl (C=O) groups excluding carboxylic acids is 1. The molecule has 1 amide bonds. The van der Waals surface area contributed by atoms with E-state index in [9.17, 15) is 4.79 Å². The van der Waals surface area contributed by atoms with E-state index in [1.165, 1.54) is 0 Å². The maximum absolute atomic E-state index is 13.1. The highest BCUT2D eigenvalue weighted by molar-refractivity contribution is 5.95. The Balaban J connectivity index is 1.84. The molecule has 1 aromatic carbocycles. The fourth-order valence-electron chi connectivity index (χ4n) is 3.43. The van der Waals surface area contributed by atoms with E-state index in [0.717, 1.165) is 49.3 Å². The van der Waals surface area contributed by atoms with Gasteiger partial charge in [-0.15, -0.1) is 0 Å². The van der Waals surface area contributed by atoms with Crippen LogP contribution in [0.25, 0.3) is 11.1 Å². The van der Waals surface area contributed by atoms with Gasteiger partial charge in [-0.2, -0.15) is 0 Å². The van der Waals surface area contributed by atoms with Crippen LogP contribution < -0.4 is 10.2 Å². The lowest BCUT2D eigenvalue weighted by Gasteiger charge is -2.28. The van der Waals surface area contributed by atoms with E-state index < -0.39 is 0 Å². The molecule has 1 N–H and O–H groups in total. The molecule has 1 aromatic heterocycles. The van der Waals surface area contributed by atoms with Crippen molar-refractivity contribution in [3.63, 3.8) is 0 Å². The highest BCUT2D eigenvalue weighted by Gasteiger charge is 2.26. The molecule has 5 nitrogen and oxygen atoms in total. The Hall–Kier alpha value is -2.40. The van der Waals surface area contributed by atoms with Gasteiger partial charge in [0, 0.05) is 56.9 Å². The van der Waals surface area contributed by atoms with Crippen LogP contribution in [0.3, 0.4) is 0 Å². The van der Waals surface area contributed by atoms with Crippen molar-refractivity contribution in [2.24, 2.45) is 0 Å². The standard InChI is InChI=1S/C21H28N4O/c1-4-11-25(20-9-10-22-15-20)21(26)18-12-17(13-23-14-18)16-5-7-19(8-6-16)24(2)3/h5-8,12-14,20,22H,4,9-11,15H2,1-3H3. The topological polar surface area (TPSA) is 48.5 Å². The fraction of sp³-hybridized carbons (Fsp3) is 0.429. The largest absolute Gasteiger partial charge is 0.378 e. The van der Waals surface area contributed by atoms with Crippen LogP contribution in [0.1, 0.15) is 30.1 Å². The monoisotopic (exact) mass is 352 g/mol. The summed E-state index contributed by atoms with van der Waals surface area (Å²) >= 11 is 0. The number of hydrogen-bond acceptors (Lipinski definition) is 4. The second-order valence-corrected chi connectivity index (χ2v) is 7.05. The molecule has 3 rings (SSSR count). The SMILES string of the molecule is CCCN(C(=O)c1cncc(-c2ccc(N(C)C)cc2)c1)C1CCNC1. The van der Waals surface area contributed by atoms with E-state index in [-0.39, 0.29) is 11.9 Å². The number of rotatable bonds is 6. The van der Waals surface area contributed by atoms with Gasteiger partial charge in [0.25, 0.3) is 5.91 Å². The number of hydrogen-bond donors (Lipinski definition) is 1. The zero-order valence-corrected chi connectivity index (χ0v) is 15.9. The number of carbonyl (C=O) groups is 1. The molecule has 1 atom stereocenters. The van der Waals surface area contributed by atoms with E-state index in [2.05, 4.69) is 46.4 Å². The summed E-state index contributed by atoms with van der Waals surface area (Å²) in [6.45, 7) is 4.76. The Morgan fingerprint density at radius 2 is 1.96 bits per heavy atom. The van der Waals surface area contributed by atoms with E-state index in [0.29, 0.717) is 5.56 Å². The van der Waals surface area contributed by atoms with Gasteiger partial charge in [0.2, 0.25) is 0 Å². The van der Waals surface area contributed by atoms with Crippen molar-refractivity contribution in [2.45, 2.75) is 25.8 Å². The highest BCUT2D eigenvalue weighted by atomic mass is 16.2. The van der Waals surface area contributed by atoms with Gasteiger partial charge in [0.15, 0.2) is 0 Å². The van der Waals surface area contributed by atoms with E-state index in [1.807, 2.05) is 31.3 Å². The number of nitrogens with one attached hydrogen (secondary N) is 1. The fourth-order valence-corrected chi connectivity index (χ4v) is 3.43. The van der Waals surface area contributed by atoms with Gasteiger partial charge < -0.3 is 15.1 Å². The summed E-state index contributed by atoms with van der Waals surface area (Å²) in [6, 6.07) is 10.6. The first-order valence-electron chi connectivity index (χ1n) is 9.34. The molecule has 2 heterocycles. The Morgan fingerprint density at radius 1 is 1.19 bits per heavy atom. The van der Waals surface area contributed by atoms with E-state index in [1.54, 1.807) is 6.20 Å². The predicted octanol–water partition coefficient (Wildman–Crippen LogP) is 3.03. The van der Waals surface area contributed by atoms with Crippen LogP contribution >= 0.6 is 0 Å². The maximum Gasteiger partial charge on any atom is 0.255 e. The first-order valence-corrected chi connectivity index (χ1v) is 9.34. The summed E-state index contributed by atoms with van der Waals surface area (Å²) < 4.78 is 0. The first kappa shape index (κ1) is 18.4. The van der Waals surface area contributed by atoms with Crippen LogP contribution in [0.4, 0.5) is 5.69 Å². The molecule has 5 heteroatoms. The van der Waals surface area contributed by atoms with Crippen molar-refractivity contribution in [1.29, 1.82) is 0 Å². The third-order valence-electron chi connectivity index (χ3n) is 4.90. The minimum absolute atomic E-state index is 0.0832. The second kappa shape index (κ2) is 8.32. The first-order chi connectivity index (χ1) is 12.6. The van der Waals surface area contributed by atoms with Gasteiger partial charge in [-0.25, -0.2) is 0 Å². The summed E-state index contributed by atoms with van der Waals surface area (Å²) in [7, 11) is 4.05. The Labute approximate surface area is 156 Å². The molecule has 0 radical (unpaired) electrons. The zero-order valence-electron chi connectivity index (χ0n) is 15.9. The number of pyridine rings is 1. The van der Waals surface area contributed by atoms with Crippen LogP contribution in [0.5, 0.6) is 0 Å². The van der Waals surface area contributed by atoms with Gasteiger partial charge in [-0.3, -0.25) is 9.78 Å². The average molecular weight is 352 g/mol. The minimum Gasteiger partial charge on any atom is -0.378 e. The lowest BCUT2D eigenvalue weighted by molar-refractivity contribution is 0.0692. The number of anilines is 1. The second-order valence-electron chi connectivity index (χ2n) is 7.05. The maximum atomic E-state index is 13.1. The molecule has 2 aromatic rings. The molecule has 0 bridgehead atoms. The van der Waals surface area contributed by atoms with E-state index in [4.69, 9.17) is 0 Å². The van der Waals surface area contributed by atoms with Crippen LogP contribution in [0, 0.1) is 0 Å². The zero-order chi connectivity index (χ0) is 18.5. The van der Waals surface area contributed by atoms with E-state index >= 15 is 0 Å². The van der Waals surface area contributed by atoms with Crippen molar-refractivity contribution in [3.8, 4) is 11.1 Å².